The number of carbonyl (C=O) groups excluding carboxylic acids is 1. The molecular weight excluding hydrogens is 288 g/mol. The van der Waals surface area contributed by atoms with Crippen molar-refractivity contribution in [1.29, 1.82) is 0 Å². The Morgan fingerprint density at radius 2 is 2.04 bits per heavy atom. The van der Waals surface area contributed by atoms with Crippen molar-refractivity contribution in [2.45, 2.75) is 44.8 Å². The first kappa shape index (κ1) is 15.5. The van der Waals surface area contributed by atoms with E-state index < -0.39 is 0 Å². The molecule has 3 rings (SSSR count). The summed E-state index contributed by atoms with van der Waals surface area (Å²) in [5, 5.41) is 3.16. The molecule has 1 aromatic heterocycles. The molecule has 2 heterocycles. The average Bonchev–Trinajstić information content (AvgIpc) is 2.62. The number of nitrogens with zero attached hydrogens (tertiary/aromatic N) is 1. The van der Waals surface area contributed by atoms with E-state index >= 15 is 0 Å². The van der Waals surface area contributed by atoms with Crippen LogP contribution in [0.25, 0.3) is 0 Å². The fraction of sp³-hybridized carbons (Fsp3) is 0.368. The van der Waals surface area contributed by atoms with Crippen LogP contribution in [-0.4, -0.2) is 16.5 Å². The summed E-state index contributed by atoms with van der Waals surface area (Å²) < 4.78 is 6.27. The van der Waals surface area contributed by atoms with Gasteiger partial charge in [-0.2, -0.15) is 0 Å². The molecule has 1 aliphatic rings. The number of para-hydroxylation sites is 1. The fourth-order valence-electron chi connectivity index (χ4n) is 3.17. The van der Waals surface area contributed by atoms with Crippen LogP contribution in [0.4, 0.5) is 0 Å². The monoisotopic (exact) mass is 310 g/mol. The second kappa shape index (κ2) is 6.41. The minimum absolute atomic E-state index is 0.0486. The first-order chi connectivity index (χ1) is 11.2. The number of ether oxygens (including phenoxy) is 1. The van der Waals surface area contributed by atoms with E-state index in [1.165, 1.54) is 0 Å². The number of hydrogen-bond acceptors (Lipinski definition) is 3. The van der Waals surface area contributed by atoms with E-state index in [2.05, 4.69) is 24.1 Å². The number of carbonyl (C=O) groups is 1. The number of pyridine rings is 1. The maximum atomic E-state index is 12.5. The average molecular weight is 310 g/mol. The molecule has 23 heavy (non-hydrogen) atoms. The zero-order valence-electron chi connectivity index (χ0n) is 13.6. The van der Waals surface area contributed by atoms with Gasteiger partial charge in [0.05, 0.1) is 11.6 Å². The van der Waals surface area contributed by atoms with Gasteiger partial charge in [-0.3, -0.25) is 9.78 Å². The van der Waals surface area contributed by atoms with Crippen LogP contribution < -0.4 is 10.1 Å². The third kappa shape index (κ3) is 3.07. The van der Waals surface area contributed by atoms with Crippen molar-refractivity contribution in [3.8, 4) is 5.75 Å². The predicted molar refractivity (Wildman–Crippen MR) is 89.4 cm³/mol. The largest absolute Gasteiger partial charge is 0.487 e. The van der Waals surface area contributed by atoms with Crippen LogP contribution in [0.1, 0.15) is 55.1 Å². The highest BCUT2D eigenvalue weighted by atomic mass is 16.5. The number of hydrogen-bond donors (Lipinski definition) is 1. The molecule has 1 aromatic carbocycles. The number of aromatic nitrogens is 1. The molecule has 1 atom stereocenters. The number of nitrogens with one attached hydrogen (secondary N) is 1. The fourth-order valence-corrected chi connectivity index (χ4v) is 3.17. The Kier molecular flexibility index (Phi) is 4.33. The Hall–Kier alpha value is -2.36. The van der Waals surface area contributed by atoms with Gasteiger partial charge in [-0.15, -0.1) is 0 Å². The van der Waals surface area contributed by atoms with Crippen LogP contribution in [-0.2, 0) is 0 Å². The van der Waals surface area contributed by atoms with Crippen LogP contribution in [0.3, 0.4) is 0 Å². The first-order valence-electron chi connectivity index (χ1n) is 8.16. The normalized spacial score (nSPS) is 18.6. The number of rotatable bonds is 4. The van der Waals surface area contributed by atoms with Gasteiger partial charge in [-0.05, 0) is 31.0 Å². The van der Waals surface area contributed by atoms with Gasteiger partial charge in [-0.1, -0.05) is 32.0 Å². The molecule has 0 spiro atoms. The van der Waals surface area contributed by atoms with Gasteiger partial charge >= 0.3 is 0 Å². The third-order valence-electron chi connectivity index (χ3n) is 4.71. The molecule has 4 heteroatoms. The standard InChI is InChI=1S/C19H22N2O2/c1-3-19(4-2)12-16(15-9-5-6-10-17(15)23-19)21-18(22)14-8-7-11-20-13-14/h5-11,13,16H,3-4,12H2,1-2H3,(H,21,22)/t16-/m0/s1. The summed E-state index contributed by atoms with van der Waals surface area (Å²) >= 11 is 0. The molecule has 0 radical (unpaired) electrons. The summed E-state index contributed by atoms with van der Waals surface area (Å²) in [4.78, 5) is 16.5. The second-order valence-corrected chi connectivity index (χ2v) is 6.00. The molecule has 0 unspecified atom stereocenters. The predicted octanol–water partition coefficient (Wildman–Crippen LogP) is 3.89. The van der Waals surface area contributed by atoms with Crippen molar-refractivity contribution >= 4 is 5.91 Å². The molecule has 0 fully saturated rings. The molecule has 0 saturated heterocycles. The molecule has 2 aromatic rings. The van der Waals surface area contributed by atoms with E-state index in [1.807, 2.05) is 24.3 Å². The molecule has 4 nitrogen and oxygen atoms in total. The van der Waals surface area contributed by atoms with Gasteiger partial charge < -0.3 is 10.1 Å². The highest BCUT2D eigenvalue weighted by Gasteiger charge is 2.38. The van der Waals surface area contributed by atoms with Crippen LogP contribution in [0.5, 0.6) is 5.75 Å². The molecule has 1 aliphatic heterocycles. The van der Waals surface area contributed by atoms with Crippen molar-refractivity contribution in [1.82, 2.24) is 10.3 Å². The van der Waals surface area contributed by atoms with Gasteiger partial charge in [0, 0.05) is 24.4 Å². The molecule has 0 bridgehead atoms. The van der Waals surface area contributed by atoms with Gasteiger partial charge in [0.1, 0.15) is 11.4 Å². The zero-order valence-corrected chi connectivity index (χ0v) is 13.6. The van der Waals surface area contributed by atoms with Crippen LogP contribution >= 0.6 is 0 Å². The van der Waals surface area contributed by atoms with Crippen LogP contribution in [0.15, 0.2) is 48.8 Å². The lowest BCUT2D eigenvalue weighted by atomic mass is 9.83. The SMILES string of the molecule is CCC1(CC)C[C@H](NC(=O)c2cccnc2)c2ccccc2O1. The van der Waals surface area contributed by atoms with Crippen molar-refractivity contribution in [2.24, 2.45) is 0 Å². The Bertz CT molecular complexity index is 681. The smallest absolute Gasteiger partial charge is 0.253 e. The van der Waals surface area contributed by atoms with Crippen LogP contribution in [0.2, 0.25) is 0 Å². The van der Waals surface area contributed by atoms with E-state index in [-0.39, 0.29) is 17.6 Å². The Labute approximate surface area is 136 Å². The minimum atomic E-state index is -0.221. The summed E-state index contributed by atoms with van der Waals surface area (Å²) in [5.41, 5.74) is 1.40. The second-order valence-electron chi connectivity index (χ2n) is 6.00. The summed E-state index contributed by atoms with van der Waals surface area (Å²) in [6.45, 7) is 4.27. The van der Waals surface area contributed by atoms with Gasteiger partial charge in [0.15, 0.2) is 0 Å². The van der Waals surface area contributed by atoms with Crippen molar-refractivity contribution < 1.29 is 9.53 Å². The lowest BCUT2D eigenvalue weighted by molar-refractivity contribution is 0.0227. The van der Waals surface area contributed by atoms with E-state index in [0.717, 1.165) is 30.6 Å². The number of fused-ring (bicyclic) bond motifs is 1. The van der Waals surface area contributed by atoms with Crippen molar-refractivity contribution in [2.75, 3.05) is 0 Å². The molecule has 1 N–H and O–H groups in total. The quantitative estimate of drug-likeness (QED) is 0.932. The van der Waals surface area contributed by atoms with Gasteiger partial charge in [0.25, 0.3) is 5.91 Å². The molecule has 120 valence electrons. The highest BCUT2D eigenvalue weighted by Crippen LogP contribution is 2.42. The maximum absolute atomic E-state index is 12.5. The Balaban J connectivity index is 1.89. The van der Waals surface area contributed by atoms with Gasteiger partial charge in [-0.25, -0.2) is 0 Å². The summed E-state index contributed by atoms with van der Waals surface area (Å²) in [6, 6.07) is 11.5. The lowest BCUT2D eigenvalue weighted by Gasteiger charge is -2.41. The van der Waals surface area contributed by atoms with E-state index in [1.54, 1.807) is 24.5 Å². The van der Waals surface area contributed by atoms with E-state index in [9.17, 15) is 4.79 Å². The number of amides is 1. The van der Waals surface area contributed by atoms with E-state index in [4.69, 9.17) is 4.74 Å². The Morgan fingerprint density at radius 3 is 2.74 bits per heavy atom. The third-order valence-corrected chi connectivity index (χ3v) is 4.71. The van der Waals surface area contributed by atoms with Crippen molar-refractivity contribution in [3.05, 3.63) is 59.9 Å². The maximum Gasteiger partial charge on any atom is 0.253 e. The summed E-state index contributed by atoms with van der Waals surface area (Å²) in [7, 11) is 0. The first-order valence-corrected chi connectivity index (χ1v) is 8.16. The lowest BCUT2D eigenvalue weighted by Crippen LogP contribution is -2.44. The molecular formula is C19H22N2O2. The summed E-state index contributed by atoms with van der Waals surface area (Å²) in [5.74, 6) is 0.778. The number of benzene rings is 1. The van der Waals surface area contributed by atoms with E-state index in [0.29, 0.717) is 5.56 Å². The molecule has 1 amide bonds. The summed E-state index contributed by atoms with van der Waals surface area (Å²) in [6.07, 6.45) is 5.87. The minimum Gasteiger partial charge on any atom is -0.487 e. The molecule has 0 aliphatic carbocycles. The van der Waals surface area contributed by atoms with Crippen molar-refractivity contribution in [3.63, 3.8) is 0 Å². The highest BCUT2D eigenvalue weighted by molar-refractivity contribution is 5.94. The van der Waals surface area contributed by atoms with Crippen LogP contribution in [0, 0.1) is 0 Å². The zero-order chi connectivity index (χ0) is 16.3. The molecule has 0 saturated carbocycles. The van der Waals surface area contributed by atoms with Gasteiger partial charge in [0.2, 0.25) is 0 Å². The Morgan fingerprint density at radius 1 is 1.26 bits per heavy atom. The topological polar surface area (TPSA) is 51.2 Å².